The van der Waals surface area contributed by atoms with Crippen LogP contribution in [-0.4, -0.2) is 0 Å². The van der Waals surface area contributed by atoms with Gasteiger partial charge in [0, 0.05) is 25.8 Å². The van der Waals surface area contributed by atoms with Crippen molar-refractivity contribution in [2.24, 2.45) is 0 Å². The van der Waals surface area contributed by atoms with E-state index in [1.807, 2.05) is 0 Å². The summed E-state index contributed by atoms with van der Waals surface area (Å²) in [4.78, 5) is 0. The van der Waals surface area contributed by atoms with Crippen LogP contribution in [0, 0.1) is 6.08 Å². The molecule has 0 nitrogen and oxygen atoms in total. The first-order valence-electron chi connectivity index (χ1n) is 3.19. The topological polar surface area (TPSA) is 0 Å². The molecule has 0 bridgehead atoms. The van der Waals surface area contributed by atoms with Crippen LogP contribution in [0.3, 0.4) is 0 Å². The molecule has 11 heavy (non-hydrogen) atoms. The van der Waals surface area contributed by atoms with Gasteiger partial charge < -0.3 is 48.0 Å². The maximum Gasteiger partial charge on any atom is 0 e. The monoisotopic (exact) mass is 541 g/mol. The van der Waals surface area contributed by atoms with Gasteiger partial charge in [0.1, 0.15) is 0 Å². The van der Waals surface area contributed by atoms with Crippen LogP contribution in [0.25, 0.3) is 0 Å². The molecule has 0 aliphatic heterocycles. The molecule has 0 aromatic rings. The smallest absolute Gasteiger partial charge is 0 e. The van der Waals surface area contributed by atoms with Crippen LogP contribution in [0.2, 0.25) is 0 Å². The predicted octanol–water partition coefficient (Wildman–Crippen LogP) is -3.52. The number of allylic oxidation sites excluding steroid dienone is 4. The van der Waals surface area contributed by atoms with Gasteiger partial charge in [0.25, 0.3) is 0 Å². The summed E-state index contributed by atoms with van der Waals surface area (Å²) in [7, 11) is 0. The van der Waals surface area contributed by atoms with Crippen molar-refractivity contribution in [2.45, 2.75) is 26.2 Å². The molecular formula is C8H11HfI2-3. The summed E-state index contributed by atoms with van der Waals surface area (Å²) in [5.74, 6) is 0. The maximum absolute atomic E-state index is 3.26. The van der Waals surface area contributed by atoms with Crippen LogP contribution in [0.15, 0.2) is 17.7 Å². The average Bonchev–Trinajstić information content (AvgIpc) is 2.19. The van der Waals surface area contributed by atoms with E-state index in [0.29, 0.717) is 0 Å². The van der Waals surface area contributed by atoms with Crippen molar-refractivity contribution in [1.29, 1.82) is 0 Å². The third-order valence-corrected chi connectivity index (χ3v) is 1.29. The molecule has 0 atom stereocenters. The molecule has 0 saturated heterocycles. The van der Waals surface area contributed by atoms with E-state index in [0.717, 1.165) is 6.42 Å². The Morgan fingerprint density at radius 2 is 2.09 bits per heavy atom. The van der Waals surface area contributed by atoms with E-state index >= 15 is 0 Å². The first kappa shape index (κ1) is 18.6. The standard InChI is InChI=1S/C8H11.Hf.2HI/c1-2-5-8-6-3-4-7-8;;;/h3,6H,2,4-5H2,1H3;;2*1H/q-1;;;/p-2. The van der Waals surface area contributed by atoms with Crippen molar-refractivity contribution < 1.29 is 73.8 Å². The summed E-state index contributed by atoms with van der Waals surface area (Å²) in [5.41, 5.74) is 1.40. The summed E-state index contributed by atoms with van der Waals surface area (Å²) >= 11 is 0. The molecule has 64 valence electrons. The fourth-order valence-corrected chi connectivity index (χ4v) is 0.891. The van der Waals surface area contributed by atoms with Crippen LogP contribution >= 0.6 is 0 Å². The third-order valence-electron chi connectivity index (χ3n) is 1.29. The van der Waals surface area contributed by atoms with Gasteiger partial charge in [-0.3, -0.25) is 6.08 Å². The maximum atomic E-state index is 3.26. The Kier molecular flexibility index (Phi) is 19.9. The Balaban J connectivity index is -0.000000213. The van der Waals surface area contributed by atoms with Crippen molar-refractivity contribution in [2.75, 3.05) is 0 Å². The molecule has 0 unspecified atom stereocenters. The van der Waals surface area contributed by atoms with Gasteiger partial charge in [-0.25, -0.2) is 11.6 Å². The molecule has 1 aliphatic carbocycles. The summed E-state index contributed by atoms with van der Waals surface area (Å²) in [6, 6.07) is 0. The number of hydrogen-bond acceptors (Lipinski definition) is 0. The molecule has 0 heterocycles. The van der Waals surface area contributed by atoms with Crippen LogP contribution in [0.5, 0.6) is 0 Å². The molecule has 0 N–H and O–H groups in total. The number of halogens is 2. The normalized spacial score (nSPS) is 12.3. The Labute approximate surface area is 122 Å². The third kappa shape index (κ3) is 8.15. The first-order valence-corrected chi connectivity index (χ1v) is 3.19. The zero-order valence-corrected chi connectivity index (χ0v) is 14.4. The van der Waals surface area contributed by atoms with E-state index in [1.54, 1.807) is 0 Å². The van der Waals surface area contributed by atoms with Gasteiger partial charge in [-0.2, -0.15) is 6.08 Å². The minimum Gasteiger partial charge on any atom is -1.00 e. The average molecular weight is 539 g/mol. The zero-order chi connectivity index (χ0) is 5.82. The second-order valence-electron chi connectivity index (χ2n) is 2.06. The van der Waals surface area contributed by atoms with Crippen LogP contribution < -0.4 is 48.0 Å². The van der Waals surface area contributed by atoms with Gasteiger partial charge in [-0.05, 0) is 0 Å². The minimum atomic E-state index is 0. The van der Waals surface area contributed by atoms with Crippen LogP contribution in [0.1, 0.15) is 26.2 Å². The SMILES string of the molecule is CCCC1=[C-]CC=C1.[Hf].[I-].[I-]. The van der Waals surface area contributed by atoms with Crippen LogP contribution in [-0.2, 0) is 25.8 Å². The Morgan fingerprint density at radius 3 is 2.45 bits per heavy atom. The molecule has 1 aliphatic rings. The van der Waals surface area contributed by atoms with E-state index in [1.165, 1.54) is 18.4 Å². The van der Waals surface area contributed by atoms with E-state index in [4.69, 9.17) is 0 Å². The number of hydrogen-bond donors (Lipinski definition) is 0. The van der Waals surface area contributed by atoms with Crippen molar-refractivity contribution in [3.8, 4) is 0 Å². The molecule has 0 spiro atoms. The first-order chi connectivity index (χ1) is 3.93. The Bertz CT molecular complexity index is 130. The van der Waals surface area contributed by atoms with Crippen molar-refractivity contribution in [1.82, 2.24) is 0 Å². The van der Waals surface area contributed by atoms with Gasteiger partial charge in [-0.15, -0.1) is 6.42 Å². The molecular weight excluding hydrogens is 528 g/mol. The summed E-state index contributed by atoms with van der Waals surface area (Å²) in [5, 5.41) is 0. The van der Waals surface area contributed by atoms with Crippen molar-refractivity contribution >= 4 is 0 Å². The Hall–Kier alpha value is 1.81. The second kappa shape index (κ2) is 11.8. The zero-order valence-electron chi connectivity index (χ0n) is 6.53. The van der Waals surface area contributed by atoms with E-state index < -0.39 is 0 Å². The second-order valence-corrected chi connectivity index (χ2v) is 2.06. The molecule has 0 fully saturated rings. The van der Waals surface area contributed by atoms with Crippen LogP contribution in [0.4, 0.5) is 0 Å². The van der Waals surface area contributed by atoms with Gasteiger partial charge in [0.2, 0.25) is 0 Å². The molecule has 0 aromatic carbocycles. The quantitative estimate of drug-likeness (QED) is 0.194. The molecule has 0 radical (unpaired) electrons. The van der Waals surface area contributed by atoms with E-state index in [-0.39, 0.29) is 73.8 Å². The van der Waals surface area contributed by atoms with E-state index in [9.17, 15) is 0 Å². The molecule has 3 heteroatoms. The summed E-state index contributed by atoms with van der Waals surface area (Å²) < 4.78 is 0. The fraction of sp³-hybridized carbons (Fsp3) is 0.500. The fourth-order valence-electron chi connectivity index (χ4n) is 0.891. The Morgan fingerprint density at radius 1 is 1.45 bits per heavy atom. The van der Waals surface area contributed by atoms with Gasteiger partial charge >= 0.3 is 0 Å². The number of rotatable bonds is 2. The van der Waals surface area contributed by atoms with Gasteiger partial charge in [-0.1, -0.05) is 19.8 Å². The molecule has 1 rings (SSSR count). The summed E-state index contributed by atoms with van der Waals surface area (Å²) in [6.45, 7) is 2.20. The largest absolute Gasteiger partial charge is 1.00 e. The predicted molar refractivity (Wildman–Crippen MR) is 35.4 cm³/mol. The minimum absolute atomic E-state index is 0. The molecule has 0 amide bonds. The van der Waals surface area contributed by atoms with E-state index in [2.05, 4.69) is 25.2 Å². The summed E-state index contributed by atoms with van der Waals surface area (Å²) in [6.07, 6.45) is 11.1. The van der Waals surface area contributed by atoms with Crippen molar-refractivity contribution in [3.63, 3.8) is 0 Å². The van der Waals surface area contributed by atoms with Gasteiger partial charge in [0.15, 0.2) is 0 Å². The molecule has 0 aromatic heterocycles. The van der Waals surface area contributed by atoms with Crippen molar-refractivity contribution in [3.05, 3.63) is 23.8 Å². The van der Waals surface area contributed by atoms with Gasteiger partial charge in [0.05, 0.1) is 0 Å². The molecule has 0 saturated carbocycles.